The van der Waals surface area contributed by atoms with Crippen LogP contribution in [0, 0.1) is 10.8 Å². The first-order chi connectivity index (χ1) is 31.1. The summed E-state index contributed by atoms with van der Waals surface area (Å²) in [6.45, 7) is 29.5. The van der Waals surface area contributed by atoms with Crippen molar-refractivity contribution in [3.05, 3.63) is 0 Å². The lowest BCUT2D eigenvalue weighted by atomic mass is 9.65. The zero-order chi connectivity index (χ0) is 52.5. The quantitative estimate of drug-likeness (QED) is 0.0557. The lowest BCUT2D eigenvalue weighted by molar-refractivity contribution is -0.191. The van der Waals surface area contributed by atoms with E-state index in [1.54, 1.807) is 83.1 Å². The number of hydrogen-bond donors (Lipinski definition) is 2. The van der Waals surface area contributed by atoms with Crippen molar-refractivity contribution < 1.29 is 77.0 Å². The van der Waals surface area contributed by atoms with E-state index in [1.165, 1.54) is 41.5 Å². The van der Waals surface area contributed by atoms with E-state index in [4.69, 9.17) is 28.4 Å². The van der Waals surface area contributed by atoms with Gasteiger partial charge in [0.05, 0.1) is 10.8 Å². The number of rotatable bonds is 36. The molecule has 0 aliphatic heterocycles. The lowest BCUT2D eigenvalue weighted by Crippen LogP contribution is -2.55. The molecule has 0 aromatic carbocycles. The molecule has 0 aromatic rings. The number of esters is 2. The summed E-state index contributed by atoms with van der Waals surface area (Å²) in [5.41, 5.74) is -8.65. The van der Waals surface area contributed by atoms with Crippen LogP contribution < -0.4 is 0 Å². The van der Waals surface area contributed by atoms with Gasteiger partial charge < -0.3 is 38.6 Å². The average molecular weight is 957 g/mol. The maximum Gasteiger partial charge on any atom is 0.332 e. The van der Waals surface area contributed by atoms with Gasteiger partial charge in [-0.3, -0.25) is 28.8 Å². The van der Waals surface area contributed by atoms with Crippen molar-refractivity contribution in [1.82, 2.24) is 0 Å². The molecule has 0 radical (unpaired) electrons. The van der Waals surface area contributed by atoms with Gasteiger partial charge in [0.1, 0.15) is 34.6 Å². The SMILES string of the molecule is CCC(CC)(CC(CC)(CC)C(=O)OC(C)C(=O)C(CC)(CC)OC(C)C(=O)C(CC)(CC)OC(C)C(=O)O)C(=O)OC(C)C(=O)C(CC)(CC)OC(C)C(=O)C(CC)(CC)OC(C)C(=O)O. The Kier molecular flexibility index (Phi) is 25.5. The molecule has 0 heterocycles. The zero-order valence-electron chi connectivity index (χ0n) is 44.3. The van der Waals surface area contributed by atoms with Crippen molar-refractivity contribution in [3.8, 4) is 0 Å². The Balaban J connectivity index is 6.70. The number of ketones is 4. The topological polar surface area (TPSA) is 232 Å². The number of aliphatic carboxylic acids is 2. The molecular formula is C51H88O16. The van der Waals surface area contributed by atoms with Gasteiger partial charge in [-0.25, -0.2) is 9.59 Å². The number of carboxylic acid groups (broad SMARTS) is 2. The third kappa shape index (κ3) is 14.2. The van der Waals surface area contributed by atoms with Crippen molar-refractivity contribution in [1.29, 1.82) is 0 Å². The fourth-order valence-electron chi connectivity index (χ4n) is 9.38. The molecule has 6 unspecified atom stereocenters. The van der Waals surface area contributed by atoms with Gasteiger partial charge in [-0.2, -0.15) is 0 Å². The molecule has 0 spiro atoms. The molecule has 16 heteroatoms. The molecule has 0 aromatic heterocycles. The summed E-state index contributed by atoms with van der Waals surface area (Å²) in [5.74, 6) is -6.04. The van der Waals surface area contributed by atoms with Gasteiger partial charge in [0, 0.05) is 0 Å². The second kappa shape index (κ2) is 27.0. The Morgan fingerprint density at radius 1 is 0.328 bits per heavy atom. The van der Waals surface area contributed by atoms with Crippen molar-refractivity contribution in [2.24, 2.45) is 10.8 Å². The fourth-order valence-corrected chi connectivity index (χ4v) is 9.38. The maximum atomic E-state index is 14.5. The molecule has 0 rings (SSSR count). The molecule has 0 aliphatic carbocycles. The number of Topliss-reactive ketones (excluding diaryl/α,β-unsaturated/α-hetero) is 4. The number of carbonyl (C=O) groups excluding carboxylic acids is 6. The molecule has 388 valence electrons. The van der Waals surface area contributed by atoms with E-state index in [-0.39, 0.29) is 83.5 Å². The number of ether oxygens (including phenoxy) is 6. The highest BCUT2D eigenvalue weighted by Crippen LogP contribution is 2.46. The summed E-state index contributed by atoms with van der Waals surface area (Å²) in [4.78, 5) is 109. The second-order valence-corrected chi connectivity index (χ2v) is 18.2. The van der Waals surface area contributed by atoms with Crippen LogP contribution in [0.5, 0.6) is 0 Å². The summed E-state index contributed by atoms with van der Waals surface area (Å²) < 4.78 is 36.3. The first-order valence-electron chi connectivity index (χ1n) is 24.9. The molecule has 0 amide bonds. The van der Waals surface area contributed by atoms with Gasteiger partial charge in [0.25, 0.3) is 0 Å². The predicted octanol–water partition coefficient (Wildman–Crippen LogP) is 9.15. The van der Waals surface area contributed by atoms with Crippen LogP contribution in [0.2, 0.25) is 0 Å². The minimum atomic E-state index is -1.56. The Hall–Kier alpha value is -3.60. The van der Waals surface area contributed by atoms with Crippen LogP contribution in [0.25, 0.3) is 0 Å². The largest absolute Gasteiger partial charge is 0.479 e. The first kappa shape index (κ1) is 63.4. The van der Waals surface area contributed by atoms with Gasteiger partial charge in [0.15, 0.2) is 36.0 Å². The van der Waals surface area contributed by atoms with Crippen LogP contribution in [0.3, 0.4) is 0 Å². The van der Waals surface area contributed by atoms with E-state index in [9.17, 15) is 48.6 Å². The van der Waals surface area contributed by atoms with Crippen LogP contribution in [-0.2, 0) is 66.8 Å². The normalized spacial score (nSPS) is 15.7. The highest BCUT2D eigenvalue weighted by molar-refractivity contribution is 5.96. The van der Waals surface area contributed by atoms with E-state index < -0.39 is 117 Å². The molecule has 16 nitrogen and oxygen atoms in total. The highest BCUT2D eigenvalue weighted by Gasteiger charge is 2.53. The molecule has 0 saturated carbocycles. The molecule has 0 bridgehead atoms. The van der Waals surface area contributed by atoms with Crippen LogP contribution in [0.1, 0.15) is 208 Å². The van der Waals surface area contributed by atoms with E-state index in [0.717, 1.165) is 0 Å². The number of hydrogen-bond acceptors (Lipinski definition) is 14. The molecule has 0 saturated heterocycles. The molecule has 0 aliphatic rings. The van der Waals surface area contributed by atoms with Crippen molar-refractivity contribution >= 4 is 47.0 Å². The highest BCUT2D eigenvalue weighted by atomic mass is 16.6. The summed E-state index contributed by atoms with van der Waals surface area (Å²) >= 11 is 0. The van der Waals surface area contributed by atoms with Crippen molar-refractivity contribution in [3.63, 3.8) is 0 Å². The molecule has 67 heavy (non-hydrogen) atoms. The van der Waals surface area contributed by atoms with Crippen LogP contribution in [-0.4, -0.2) is 116 Å². The van der Waals surface area contributed by atoms with Crippen LogP contribution >= 0.6 is 0 Å². The standard InChI is InChI=1S/C51H88O16/c1-19-46(20-2,44(60)62-32(13)38(52)48(23-5,24-6)64-34(15)40(54)50(27-9,28-10)66-36(17)42(56)57)31-47(21-3,22-4)45(61)63-33(14)39(53)49(25-7,26-8)65-35(16)41(55)51(29-11,30-12)67-37(18)43(58)59/h32-37H,19-31H2,1-18H3,(H,56,57)(H,58,59). The maximum absolute atomic E-state index is 14.5. The zero-order valence-corrected chi connectivity index (χ0v) is 44.3. The molecule has 0 fully saturated rings. The lowest BCUT2D eigenvalue weighted by Gasteiger charge is -2.41. The van der Waals surface area contributed by atoms with Gasteiger partial charge >= 0.3 is 23.9 Å². The Morgan fingerprint density at radius 3 is 0.701 bits per heavy atom. The summed E-state index contributed by atoms with van der Waals surface area (Å²) in [7, 11) is 0. The van der Waals surface area contributed by atoms with E-state index in [1.807, 2.05) is 0 Å². The van der Waals surface area contributed by atoms with E-state index in [2.05, 4.69) is 0 Å². The Morgan fingerprint density at radius 2 is 0.522 bits per heavy atom. The summed E-state index contributed by atoms with van der Waals surface area (Å²) in [5, 5.41) is 19.0. The number of carboxylic acids is 2. The number of carbonyl (C=O) groups is 8. The smallest absolute Gasteiger partial charge is 0.332 e. The van der Waals surface area contributed by atoms with E-state index in [0.29, 0.717) is 0 Å². The monoisotopic (exact) mass is 957 g/mol. The van der Waals surface area contributed by atoms with Crippen molar-refractivity contribution in [2.75, 3.05) is 0 Å². The summed E-state index contributed by atoms with van der Waals surface area (Å²) in [6.07, 6.45) is -5.56. The molecule has 2 N–H and O–H groups in total. The third-order valence-corrected chi connectivity index (χ3v) is 15.0. The first-order valence-corrected chi connectivity index (χ1v) is 24.9. The third-order valence-electron chi connectivity index (χ3n) is 15.0. The average Bonchev–Trinajstić information content (AvgIpc) is 3.32. The fraction of sp³-hybridized carbons (Fsp3) is 0.843. The minimum Gasteiger partial charge on any atom is -0.479 e. The van der Waals surface area contributed by atoms with Crippen LogP contribution in [0.4, 0.5) is 0 Å². The summed E-state index contributed by atoms with van der Waals surface area (Å²) in [6, 6.07) is 0. The molecular weight excluding hydrogens is 869 g/mol. The second-order valence-electron chi connectivity index (χ2n) is 18.2. The van der Waals surface area contributed by atoms with E-state index >= 15 is 0 Å². The Bertz CT molecular complexity index is 1540. The molecule has 6 atom stereocenters. The van der Waals surface area contributed by atoms with Gasteiger partial charge in [-0.15, -0.1) is 0 Å². The predicted molar refractivity (Wildman–Crippen MR) is 252 cm³/mol. The van der Waals surface area contributed by atoms with Gasteiger partial charge in [-0.1, -0.05) is 83.1 Å². The van der Waals surface area contributed by atoms with Gasteiger partial charge in [-0.05, 0) is 125 Å². The van der Waals surface area contributed by atoms with Crippen molar-refractivity contribution in [2.45, 2.75) is 267 Å². The Labute approximate surface area is 401 Å². The van der Waals surface area contributed by atoms with Gasteiger partial charge in [0.2, 0.25) is 11.6 Å². The minimum absolute atomic E-state index is 0.0290. The van der Waals surface area contributed by atoms with Crippen LogP contribution in [0.15, 0.2) is 0 Å².